The number of ether oxygens (including phenoxy) is 1. The molecule has 2 aliphatic heterocycles. The third-order valence-corrected chi connectivity index (χ3v) is 5.46. The number of halogens is 1. The quantitative estimate of drug-likeness (QED) is 0.786. The Morgan fingerprint density at radius 1 is 1.29 bits per heavy atom. The number of nitrogens with one attached hydrogen (secondary N) is 1. The molecular weight excluding hydrogens is 262 g/mol. The maximum absolute atomic E-state index is 11.5. The average Bonchev–Trinajstić information content (AvgIpc) is 2.53. The van der Waals surface area contributed by atoms with Crippen LogP contribution >= 0.6 is 12.4 Å². The Morgan fingerprint density at radius 3 is 2.35 bits per heavy atom. The van der Waals surface area contributed by atoms with Gasteiger partial charge in [-0.05, 0) is 13.3 Å². The van der Waals surface area contributed by atoms with Crippen molar-refractivity contribution < 1.29 is 13.2 Å². The van der Waals surface area contributed by atoms with Crippen LogP contribution < -0.4 is 5.32 Å². The molecular formula is C11H22ClNO3S. The zero-order chi connectivity index (χ0) is 12.0. The normalized spacial score (nSPS) is 39.6. The predicted molar refractivity (Wildman–Crippen MR) is 70.1 cm³/mol. The highest BCUT2D eigenvalue weighted by Gasteiger charge is 2.45. The van der Waals surface area contributed by atoms with Crippen LogP contribution in [0.15, 0.2) is 0 Å². The van der Waals surface area contributed by atoms with E-state index in [1.807, 2.05) is 6.92 Å². The highest BCUT2D eigenvalue weighted by Crippen LogP contribution is 2.34. The van der Waals surface area contributed by atoms with E-state index in [-0.39, 0.29) is 29.5 Å². The van der Waals surface area contributed by atoms with Crippen LogP contribution in [0, 0.1) is 11.3 Å². The van der Waals surface area contributed by atoms with Gasteiger partial charge in [-0.2, -0.15) is 0 Å². The number of hydrogen-bond donors (Lipinski definition) is 1. The lowest BCUT2D eigenvalue weighted by atomic mass is 9.88. The Balaban J connectivity index is 0.00000144. The summed E-state index contributed by atoms with van der Waals surface area (Å²) in [5.41, 5.74) is -0.323. The molecule has 0 spiro atoms. The summed E-state index contributed by atoms with van der Waals surface area (Å²) < 4.78 is 28.8. The minimum atomic E-state index is -2.83. The largest absolute Gasteiger partial charge is 0.360 e. The van der Waals surface area contributed by atoms with Gasteiger partial charge in [-0.1, -0.05) is 13.8 Å². The van der Waals surface area contributed by atoms with Gasteiger partial charge in [0.15, 0.2) is 9.84 Å². The fourth-order valence-corrected chi connectivity index (χ4v) is 4.26. The van der Waals surface area contributed by atoms with Crippen molar-refractivity contribution in [2.75, 3.05) is 24.7 Å². The van der Waals surface area contributed by atoms with E-state index < -0.39 is 15.6 Å². The zero-order valence-corrected chi connectivity index (χ0v) is 12.3. The Labute approximate surface area is 110 Å². The Hall–Kier alpha value is 0.160. The Morgan fingerprint density at radius 2 is 1.94 bits per heavy atom. The van der Waals surface area contributed by atoms with Crippen molar-refractivity contribution >= 4 is 22.2 Å². The molecule has 102 valence electrons. The van der Waals surface area contributed by atoms with E-state index in [1.165, 1.54) is 0 Å². The maximum Gasteiger partial charge on any atom is 0.150 e. The first-order valence-corrected chi connectivity index (χ1v) is 7.64. The standard InChI is InChI=1S/C11H21NO3S.ClH/c1-10(2)7-12-11(3,15-8-10)9-4-5-16(13,14)6-9;/h9,12H,4-8H2,1-3H3;1H. The van der Waals surface area contributed by atoms with E-state index in [1.54, 1.807) is 0 Å². The summed E-state index contributed by atoms with van der Waals surface area (Å²) in [7, 11) is -2.83. The van der Waals surface area contributed by atoms with Gasteiger partial charge in [0.05, 0.1) is 18.1 Å². The SMILES string of the molecule is CC1(C)CNC(C)(C2CCS(=O)(=O)C2)OC1.Cl. The van der Waals surface area contributed by atoms with Crippen molar-refractivity contribution in [3.63, 3.8) is 0 Å². The predicted octanol–water partition coefficient (Wildman–Crippen LogP) is 1.21. The average molecular weight is 284 g/mol. The summed E-state index contributed by atoms with van der Waals surface area (Å²) in [6.45, 7) is 7.83. The summed E-state index contributed by atoms with van der Waals surface area (Å²) in [5.74, 6) is 0.659. The molecule has 2 atom stereocenters. The molecule has 0 bridgehead atoms. The Bertz CT molecular complexity index is 370. The molecule has 17 heavy (non-hydrogen) atoms. The van der Waals surface area contributed by atoms with Crippen LogP contribution in [0.4, 0.5) is 0 Å². The number of rotatable bonds is 1. The van der Waals surface area contributed by atoms with Gasteiger partial charge in [0.1, 0.15) is 5.72 Å². The van der Waals surface area contributed by atoms with Crippen LogP contribution in [0.1, 0.15) is 27.2 Å². The monoisotopic (exact) mass is 283 g/mol. The lowest BCUT2D eigenvalue weighted by Gasteiger charge is -2.45. The molecule has 2 unspecified atom stereocenters. The highest BCUT2D eigenvalue weighted by atomic mass is 35.5. The van der Waals surface area contributed by atoms with Gasteiger partial charge in [0, 0.05) is 17.9 Å². The van der Waals surface area contributed by atoms with E-state index in [0.717, 1.165) is 6.54 Å². The summed E-state index contributed by atoms with van der Waals surface area (Å²) in [4.78, 5) is 0. The van der Waals surface area contributed by atoms with Crippen LogP contribution in [0.3, 0.4) is 0 Å². The first-order valence-electron chi connectivity index (χ1n) is 5.82. The maximum atomic E-state index is 11.5. The van der Waals surface area contributed by atoms with Crippen LogP contribution in [-0.4, -0.2) is 38.8 Å². The molecule has 0 aliphatic carbocycles. The minimum absolute atomic E-state index is 0. The highest BCUT2D eigenvalue weighted by molar-refractivity contribution is 7.91. The fraction of sp³-hybridized carbons (Fsp3) is 1.00. The minimum Gasteiger partial charge on any atom is -0.360 e. The van der Waals surface area contributed by atoms with E-state index in [9.17, 15) is 8.42 Å². The molecule has 2 saturated heterocycles. The van der Waals surface area contributed by atoms with Gasteiger partial charge in [-0.3, -0.25) is 5.32 Å². The van der Waals surface area contributed by atoms with Gasteiger partial charge < -0.3 is 4.74 Å². The number of hydrogen-bond acceptors (Lipinski definition) is 4. The second-order valence-corrected chi connectivity index (χ2v) is 8.24. The molecule has 0 radical (unpaired) electrons. The Kier molecular flexibility index (Phi) is 4.19. The van der Waals surface area contributed by atoms with Crippen molar-refractivity contribution in [1.29, 1.82) is 0 Å². The van der Waals surface area contributed by atoms with Crippen molar-refractivity contribution in [3.8, 4) is 0 Å². The van der Waals surface area contributed by atoms with Crippen LogP contribution in [0.5, 0.6) is 0 Å². The van der Waals surface area contributed by atoms with Crippen LogP contribution in [-0.2, 0) is 14.6 Å². The first kappa shape index (κ1) is 15.2. The molecule has 0 saturated carbocycles. The molecule has 6 heteroatoms. The molecule has 0 aromatic carbocycles. The van der Waals surface area contributed by atoms with Gasteiger partial charge >= 0.3 is 0 Å². The summed E-state index contributed by atoms with van der Waals surface area (Å²) in [6, 6.07) is 0. The molecule has 2 heterocycles. The lowest BCUT2D eigenvalue weighted by molar-refractivity contribution is -0.151. The van der Waals surface area contributed by atoms with Crippen LogP contribution in [0.2, 0.25) is 0 Å². The second-order valence-electron chi connectivity index (χ2n) is 6.01. The van der Waals surface area contributed by atoms with Gasteiger partial charge in [0.25, 0.3) is 0 Å². The molecule has 4 nitrogen and oxygen atoms in total. The van der Waals surface area contributed by atoms with Crippen molar-refractivity contribution in [3.05, 3.63) is 0 Å². The molecule has 0 aromatic heterocycles. The van der Waals surface area contributed by atoms with E-state index >= 15 is 0 Å². The summed E-state index contributed by atoms with van der Waals surface area (Å²) in [6.07, 6.45) is 0.715. The number of sulfone groups is 1. The van der Waals surface area contributed by atoms with Crippen molar-refractivity contribution in [2.24, 2.45) is 11.3 Å². The van der Waals surface area contributed by atoms with E-state index in [2.05, 4.69) is 19.2 Å². The fourth-order valence-electron chi connectivity index (χ4n) is 2.35. The van der Waals surface area contributed by atoms with Crippen molar-refractivity contribution in [2.45, 2.75) is 32.9 Å². The van der Waals surface area contributed by atoms with Gasteiger partial charge in [-0.15, -0.1) is 12.4 Å². The third-order valence-electron chi connectivity index (χ3n) is 3.69. The third kappa shape index (κ3) is 3.34. The molecule has 2 fully saturated rings. The summed E-state index contributed by atoms with van der Waals surface area (Å²) in [5, 5.41) is 3.38. The first-order chi connectivity index (χ1) is 7.23. The zero-order valence-electron chi connectivity index (χ0n) is 10.7. The molecule has 0 amide bonds. The lowest BCUT2D eigenvalue weighted by Crippen LogP contribution is -2.59. The van der Waals surface area contributed by atoms with E-state index in [4.69, 9.17) is 4.74 Å². The molecule has 1 N–H and O–H groups in total. The molecule has 2 aliphatic rings. The van der Waals surface area contributed by atoms with Crippen molar-refractivity contribution in [1.82, 2.24) is 5.32 Å². The molecule has 0 aromatic rings. The van der Waals surface area contributed by atoms with E-state index in [0.29, 0.717) is 18.8 Å². The van der Waals surface area contributed by atoms with Crippen LogP contribution in [0.25, 0.3) is 0 Å². The topological polar surface area (TPSA) is 55.4 Å². The second kappa shape index (κ2) is 4.68. The van der Waals surface area contributed by atoms with Gasteiger partial charge in [0.2, 0.25) is 0 Å². The summed E-state index contributed by atoms with van der Waals surface area (Å²) >= 11 is 0. The smallest absolute Gasteiger partial charge is 0.150 e. The molecule has 2 rings (SSSR count). The van der Waals surface area contributed by atoms with Gasteiger partial charge in [-0.25, -0.2) is 8.42 Å².